The van der Waals surface area contributed by atoms with Crippen LogP contribution >= 0.6 is 11.6 Å². The van der Waals surface area contributed by atoms with E-state index in [1.54, 1.807) is 0 Å². The maximum atomic E-state index is 12.1. The van der Waals surface area contributed by atoms with E-state index in [1.165, 1.54) is 30.6 Å². The number of alkyl halides is 3. The summed E-state index contributed by atoms with van der Waals surface area (Å²) in [4.78, 5) is 15.9. The Labute approximate surface area is 117 Å². The summed E-state index contributed by atoms with van der Waals surface area (Å²) in [5.41, 5.74) is 0.200. The molecule has 104 valence electrons. The first-order valence-electron chi connectivity index (χ1n) is 5.37. The number of aromatic nitrogens is 1. The second-order valence-corrected chi connectivity index (χ2v) is 4.17. The zero-order chi connectivity index (χ0) is 14.8. The minimum Gasteiger partial charge on any atom is -0.406 e. The lowest BCUT2D eigenvalue weighted by Gasteiger charge is -2.10. The number of carbonyl (C=O) groups excluding carboxylic acids is 1. The highest BCUT2D eigenvalue weighted by molar-refractivity contribution is 6.34. The van der Waals surface area contributed by atoms with Crippen molar-refractivity contribution in [3.8, 4) is 5.75 Å². The van der Waals surface area contributed by atoms with Crippen molar-refractivity contribution in [2.45, 2.75) is 6.36 Å². The molecule has 0 N–H and O–H groups in total. The third-order valence-corrected chi connectivity index (χ3v) is 2.65. The molecule has 2 aromatic rings. The van der Waals surface area contributed by atoms with Gasteiger partial charge in [-0.05, 0) is 18.2 Å². The van der Waals surface area contributed by atoms with Gasteiger partial charge in [0.25, 0.3) is 0 Å². The van der Waals surface area contributed by atoms with Gasteiger partial charge in [0.2, 0.25) is 0 Å². The SMILES string of the molecule is O=C(c1cccc(OC(F)(F)F)c1)c1ccncc1Cl. The molecule has 0 atom stereocenters. The lowest BCUT2D eigenvalue weighted by atomic mass is 10.0. The van der Waals surface area contributed by atoms with Crippen molar-refractivity contribution >= 4 is 17.4 Å². The predicted octanol–water partition coefficient (Wildman–Crippen LogP) is 3.86. The largest absolute Gasteiger partial charge is 0.573 e. The van der Waals surface area contributed by atoms with Crippen molar-refractivity contribution in [1.82, 2.24) is 4.98 Å². The number of pyridine rings is 1. The number of ether oxygens (including phenoxy) is 1. The van der Waals surface area contributed by atoms with Crippen LogP contribution in [0.5, 0.6) is 5.75 Å². The molecule has 0 unspecified atom stereocenters. The number of benzene rings is 1. The Morgan fingerprint density at radius 1 is 1.25 bits per heavy atom. The molecule has 0 radical (unpaired) electrons. The summed E-state index contributed by atoms with van der Waals surface area (Å²) in [7, 11) is 0. The van der Waals surface area contributed by atoms with Crippen molar-refractivity contribution in [3.05, 3.63) is 58.9 Å². The van der Waals surface area contributed by atoms with Crippen molar-refractivity contribution in [2.75, 3.05) is 0 Å². The first-order chi connectivity index (χ1) is 9.37. The fourth-order valence-corrected chi connectivity index (χ4v) is 1.75. The van der Waals surface area contributed by atoms with Crippen LogP contribution in [0.1, 0.15) is 15.9 Å². The van der Waals surface area contributed by atoms with Crippen LogP contribution in [-0.2, 0) is 0 Å². The first-order valence-corrected chi connectivity index (χ1v) is 5.74. The zero-order valence-electron chi connectivity index (χ0n) is 9.82. The molecule has 0 fully saturated rings. The molecular formula is C13H7ClF3NO2. The summed E-state index contributed by atoms with van der Waals surface area (Å²) in [5.74, 6) is -0.974. The Bertz CT molecular complexity index is 644. The Morgan fingerprint density at radius 2 is 2.00 bits per heavy atom. The minimum absolute atomic E-state index is 0.0415. The van der Waals surface area contributed by atoms with Crippen molar-refractivity contribution in [3.63, 3.8) is 0 Å². The molecule has 20 heavy (non-hydrogen) atoms. The molecule has 0 aliphatic heterocycles. The number of ketones is 1. The van der Waals surface area contributed by atoms with Gasteiger partial charge in [0.1, 0.15) is 5.75 Å². The second kappa shape index (κ2) is 5.50. The molecule has 2 rings (SSSR count). The van der Waals surface area contributed by atoms with E-state index in [9.17, 15) is 18.0 Å². The predicted molar refractivity (Wildman–Crippen MR) is 65.8 cm³/mol. The fourth-order valence-electron chi connectivity index (χ4n) is 1.55. The third-order valence-electron chi connectivity index (χ3n) is 2.35. The molecule has 0 bridgehead atoms. The molecule has 0 aliphatic carbocycles. The van der Waals surface area contributed by atoms with E-state index >= 15 is 0 Å². The van der Waals surface area contributed by atoms with Gasteiger partial charge in [-0.25, -0.2) is 0 Å². The molecule has 1 aromatic heterocycles. The average Bonchev–Trinajstić information content (AvgIpc) is 2.37. The number of hydrogen-bond acceptors (Lipinski definition) is 3. The Hall–Kier alpha value is -2.08. The number of nitrogens with zero attached hydrogens (tertiary/aromatic N) is 1. The Kier molecular flexibility index (Phi) is 3.94. The van der Waals surface area contributed by atoms with Crippen molar-refractivity contribution in [1.29, 1.82) is 0 Å². The highest BCUT2D eigenvalue weighted by Crippen LogP contribution is 2.25. The van der Waals surface area contributed by atoms with Gasteiger partial charge in [-0.15, -0.1) is 13.2 Å². The van der Waals surface area contributed by atoms with Crippen LogP contribution in [0.25, 0.3) is 0 Å². The summed E-state index contributed by atoms with van der Waals surface area (Å²) in [6, 6.07) is 6.18. The smallest absolute Gasteiger partial charge is 0.406 e. The van der Waals surface area contributed by atoms with Gasteiger partial charge < -0.3 is 4.74 Å². The van der Waals surface area contributed by atoms with Crippen LogP contribution in [0, 0.1) is 0 Å². The maximum absolute atomic E-state index is 12.1. The molecule has 0 saturated carbocycles. The minimum atomic E-state index is -4.81. The van der Waals surface area contributed by atoms with Crippen molar-refractivity contribution in [2.24, 2.45) is 0 Å². The number of rotatable bonds is 3. The number of hydrogen-bond donors (Lipinski definition) is 0. The van der Waals surface area contributed by atoms with Crippen molar-refractivity contribution < 1.29 is 22.7 Å². The van der Waals surface area contributed by atoms with E-state index in [2.05, 4.69) is 9.72 Å². The van der Waals surface area contributed by atoms with Gasteiger partial charge in [-0.3, -0.25) is 9.78 Å². The molecule has 0 spiro atoms. The summed E-state index contributed by atoms with van der Waals surface area (Å²) < 4.78 is 40.1. The van der Waals surface area contributed by atoms with Gasteiger partial charge in [0.15, 0.2) is 5.78 Å². The molecule has 1 heterocycles. The van der Waals surface area contributed by atoms with Crippen LogP contribution < -0.4 is 4.74 Å². The van der Waals surface area contributed by atoms with Gasteiger partial charge >= 0.3 is 6.36 Å². The lowest BCUT2D eigenvalue weighted by molar-refractivity contribution is -0.274. The molecule has 3 nitrogen and oxygen atoms in total. The average molecular weight is 302 g/mol. The van der Waals surface area contributed by atoms with Gasteiger partial charge in [-0.1, -0.05) is 23.7 Å². The molecule has 7 heteroatoms. The Morgan fingerprint density at radius 3 is 2.65 bits per heavy atom. The number of halogens is 4. The van der Waals surface area contributed by atoms with Crippen LogP contribution in [0.15, 0.2) is 42.7 Å². The van der Waals surface area contributed by atoms with Crippen LogP contribution in [0.4, 0.5) is 13.2 Å². The lowest BCUT2D eigenvalue weighted by Crippen LogP contribution is -2.17. The summed E-state index contributed by atoms with van der Waals surface area (Å²) in [6.45, 7) is 0. The highest BCUT2D eigenvalue weighted by atomic mass is 35.5. The zero-order valence-corrected chi connectivity index (χ0v) is 10.6. The van der Waals surface area contributed by atoms with Crippen LogP contribution in [0.3, 0.4) is 0 Å². The van der Waals surface area contributed by atoms with Gasteiger partial charge in [-0.2, -0.15) is 0 Å². The van der Waals surface area contributed by atoms with E-state index in [4.69, 9.17) is 11.6 Å². The monoisotopic (exact) mass is 301 g/mol. The van der Waals surface area contributed by atoms with Gasteiger partial charge in [0.05, 0.1) is 5.02 Å². The molecule has 0 amide bonds. The summed E-state index contributed by atoms with van der Waals surface area (Å²) in [5, 5.41) is 0.125. The highest BCUT2D eigenvalue weighted by Gasteiger charge is 2.31. The van der Waals surface area contributed by atoms with E-state index in [1.807, 2.05) is 0 Å². The molecule has 0 aliphatic rings. The van der Waals surface area contributed by atoms with Crippen LogP contribution in [-0.4, -0.2) is 17.1 Å². The fraction of sp³-hybridized carbons (Fsp3) is 0.0769. The Balaban J connectivity index is 2.32. The summed E-state index contributed by atoms with van der Waals surface area (Å²) in [6.07, 6.45) is -2.16. The topological polar surface area (TPSA) is 39.2 Å². The van der Waals surface area contributed by atoms with E-state index < -0.39 is 17.9 Å². The molecule has 1 aromatic carbocycles. The van der Waals surface area contributed by atoms with Crippen LogP contribution in [0.2, 0.25) is 5.02 Å². The normalized spacial score (nSPS) is 11.2. The summed E-state index contributed by atoms with van der Waals surface area (Å²) >= 11 is 5.82. The third kappa shape index (κ3) is 3.48. The molecular weight excluding hydrogens is 295 g/mol. The number of carbonyl (C=O) groups is 1. The van der Waals surface area contributed by atoms with E-state index in [0.29, 0.717) is 0 Å². The molecule has 0 saturated heterocycles. The van der Waals surface area contributed by atoms with E-state index in [-0.39, 0.29) is 16.1 Å². The standard InChI is InChI=1S/C13H7ClF3NO2/c14-11-7-18-5-4-10(11)12(19)8-2-1-3-9(6-8)20-13(15,16)17/h1-7H. The maximum Gasteiger partial charge on any atom is 0.573 e. The quantitative estimate of drug-likeness (QED) is 0.808. The van der Waals surface area contributed by atoms with Gasteiger partial charge in [0, 0.05) is 23.5 Å². The van der Waals surface area contributed by atoms with E-state index in [0.717, 1.165) is 12.1 Å². The second-order valence-electron chi connectivity index (χ2n) is 3.76. The first kappa shape index (κ1) is 14.3.